The number of nitrogens with zero attached hydrogens (tertiary/aromatic N) is 3. The quantitative estimate of drug-likeness (QED) is 0.513. The van der Waals surface area contributed by atoms with Gasteiger partial charge in [0.1, 0.15) is 5.69 Å². The van der Waals surface area contributed by atoms with Crippen LogP contribution in [0.5, 0.6) is 0 Å². The van der Waals surface area contributed by atoms with Gasteiger partial charge in [0.2, 0.25) is 5.91 Å². The predicted octanol–water partition coefficient (Wildman–Crippen LogP) is 4.98. The van der Waals surface area contributed by atoms with E-state index in [-0.39, 0.29) is 23.3 Å². The van der Waals surface area contributed by atoms with Gasteiger partial charge in [0, 0.05) is 32.1 Å². The number of carbonyl (C=O) groups excluding carboxylic acids is 2. The number of hydrogen-bond acceptors (Lipinski definition) is 4. The fraction of sp³-hybridized carbons (Fsp3) is 0.440. The van der Waals surface area contributed by atoms with Crippen molar-refractivity contribution in [3.8, 4) is 0 Å². The molecule has 1 saturated heterocycles. The zero-order valence-electron chi connectivity index (χ0n) is 18.7. The third-order valence-electron chi connectivity index (χ3n) is 6.71. The van der Waals surface area contributed by atoms with Crippen molar-refractivity contribution in [3.05, 3.63) is 70.3 Å². The highest BCUT2D eigenvalue weighted by Gasteiger charge is 2.34. The van der Waals surface area contributed by atoms with Crippen LogP contribution in [0.3, 0.4) is 0 Å². The molecule has 1 atom stereocenters. The lowest BCUT2D eigenvalue weighted by Crippen LogP contribution is -2.53. The van der Waals surface area contributed by atoms with E-state index in [0.717, 1.165) is 18.4 Å². The van der Waals surface area contributed by atoms with E-state index in [4.69, 9.17) is 0 Å². The van der Waals surface area contributed by atoms with E-state index < -0.39 is 11.0 Å². The molecule has 1 unspecified atom stereocenters. The second-order valence-electron chi connectivity index (χ2n) is 8.87. The number of carbonyl (C=O) groups is 2. The molecule has 1 N–H and O–H groups in total. The summed E-state index contributed by atoms with van der Waals surface area (Å²) in [6.45, 7) is 1.24. The lowest BCUT2D eigenvalue weighted by Gasteiger charge is -2.42. The molecule has 2 aromatic carbocycles. The van der Waals surface area contributed by atoms with E-state index in [0.29, 0.717) is 32.0 Å². The minimum absolute atomic E-state index is 0.150. The first-order chi connectivity index (χ1) is 16.0. The van der Waals surface area contributed by atoms with Gasteiger partial charge in [0.05, 0.1) is 11.0 Å². The summed E-state index contributed by atoms with van der Waals surface area (Å²) in [6.07, 6.45) is 6.46. The highest BCUT2D eigenvalue weighted by atomic mass is 16.6. The molecule has 0 aromatic heterocycles. The van der Waals surface area contributed by atoms with E-state index in [1.807, 2.05) is 35.2 Å². The largest absolute Gasteiger partial charge is 0.338 e. The maximum Gasteiger partial charge on any atom is 0.322 e. The van der Waals surface area contributed by atoms with Gasteiger partial charge < -0.3 is 15.1 Å². The van der Waals surface area contributed by atoms with Gasteiger partial charge in [-0.3, -0.25) is 14.9 Å². The zero-order valence-corrected chi connectivity index (χ0v) is 18.7. The summed E-state index contributed by atoms with van der Waals surface area (Å²) < 4.78 is 0. The molecule has 3 amide bonds. The van der Waals surface area contributed by atoms with Gasteiger partial charge in [-0.2, -0.15) is 0 Å². The average Bonchev–Trinajstić information content (AvgIpc) is 2.85. The first-order valence-electron chi connectivity index (χ1n) is 11.7. The van der Waals surface area contributed by atoms with Crippen LogP contribution in [0.1, 0.15) is 50.1 Å². The number of urea groups is 1. The SMILES string of the molecule is O=C(CC1CCCCC1)N1CCN(C(=O)Nc2ccccc2[N+](=O)[O-])C(c2ccccc2)C1. The topological polar surface area (TPSA) is 95.8 Å². The lowest BCUT2D eigenvalue weighted by atomic mass is 9.86. The average molecular weight is 451 g/mol. The van der Waals surface area contributed by atoms with E-state index in [1.165, 1.54) is 31.4 Å². The van der Waals surface area contributed by atoms with Crippen molar-refractivity contribution < 1.29 is 14.5 Å². The number of para-hydroxylation sites is 2. The summed E-state index contributed by atoms with van der Waals surface area (Å²) in [5, 5.41) is 14.1. The van der Waals surface area contributed by atoms with Gasteiger partial charge in [-0.25, -0.2) is 4.79 Å². The van der Waals surface area contributed by atoms with Crippen LogP contribution in [0.2, 0.25) is 0 Å². The molecular weight excluding hydrogens is 420 g/mol. The molecule has 1 saturated carbocycles. The third-order valence-corrected chi connectivity index (χ3v) is 6.71. The molecule has 2 fully saturated rings. The molecule has 4 rings (SSSR count). The minimum atomic E-state index is -0.508. The zero-order chi connectivity index (χ0) is 23.2. The van der Waals surface area contributed by atoms with Gasteiger partial charge in [0.25, 0.3) is 5.69 Å². The fourth-order valence-corrected chi connectivity index (χ4v) is 4.91. The van der Waals surface area contributed by atoms with E-state index in [1.54, 1.807) is 17.0 Å². The van der Waals surface area contributed by atoms with Gasteiger partial charge >= 0.3 is 6.03 Å². The predicted molar refractivity (Wildman–Crippen MR) is 126 cm³/mol. The molecule has 2 aliphatic rings. The second kappa shape index (κ2) is 10.5. The standard InChI is InChI=1S/C25H30N4O4/c30-24(17-19-9-3-1-4-10-19)27-15-16-28(23(18-27)20-11-5-2-6-12-20)25(31)26-21-13-7-8-14-22(21)29(32)33/h2,5-8,11-14,19,23H,1,3-4,9-10,15-18H2,(H,26,31). The third kappa shape index (κ3) is 5.50. The Bertz CT molecular complexity index is 991. The monoisotopic (exact) mass is 450 g/mol. The molecular formula is C25H30N4O4. The Morgan fingerprint density at radius 2 is 1.67 bits per heavy atom. The summed E-state index contributed by atoms with van der Waals surface area (Å²) in [5.41, 5.74) is 0.948. The second-order valence-corrected chi connectivity index (χ2v) is 8.87. The van der Waals surface area contributed by atoms with E-state index >= 15 is 0 Å². The maximum atomic E-state index is 13.2. The van der Waals surface area contributed by atoms with Crippen LogP contribution in [0.25, 0.3) is 0 Å². The van der Waals surface area contributed by atoms with E-state index in [2.05, 4.69) is 5.32 Å². The molecule has 33 heavy (non-hydrogen) atoms. The number of anilines is 1. The number of rotatable bonds is 5. The maximum absolute atomic E-state index is 13.2. The number of benzene rings is 2. The van der Waals surface area contributed by atoms with Crippen LogP contribution in [-0.2, 0) is 4.79 Å². The summed E-state index contributed by atoms with van der Waals surface area (Å²) in [5.74, 6) is 0.614. The normalized spacial score (nSPS) is 19.2. The Morgan fingerprint density at radius 3 is 2.39 bits per heavy atom. The molecule has 1 aliphatic carbocycles. The summed E-state index contributed by atoms with van der Waals surface area (Å²) in [7, 11) is 0. The highest BCUT2D eigenvalue weighted by molar-refractivity contribution is 5.92. The van der Waals surface area contributed by atoms with Gasteiger partial charge in [-0.05, 0) is 30.4 Å². The van der Waals surface area contributed by atoms with Crippen LogP contribution in [0.15, 0.2) is 54.6 Å². The van der Waals surface area contributed by atoms with Crippen molar-refractivity contribution in [1.29, 1.82) is 0 Å². The fourth-order valence-electron chi connectivity index (χ4n) is 4.91. The summed E-state index contributed by atoms with van der Waals surface area (Å²) in [6, 6.07) is 15.0. The van der Waals surface area contributed by atoms with Crippen LogP contribution < -0.4 is 5.32 Å². The van der Waals surface area contributed by atoms with Crippen molar-refractivity contribution in [2.45, 2.75) is 44.6 Å². The Hall–Kier alpha value is -3.42. The number of amides is 3. The Labute approximate surface area is 193 Å². The minimum Gasteiger partial charge on any atom is -0.338 e. The molecule has 174 valence electrons. The molecule has 8 nitrogen and oxygen atoms in total. The lowest BCUT2D eigenvalue weighted by molar-refractivity contribution is -0.383. The molecule has 8 heteroatoms. The Morgan fingerprint density at radius 1 is 0.970 bits per heavy atom. The number of nitro benzene ring substituents is 1. The van der Waals surface area contributed by atoms with Crippen LogP contribution in [0, 0.1) is 16.0 Å². The van der Waals surface area contributed by atoms with Crippen LogP contribution >= 0.6 is 0 Å². The Kier molecular flexibility index (Phi) is 7.22. The van der Waals surface area contributed by atoms with Crippen molar-refractivity contribution in [1.82, 2.24) is 9.80 Å². The number of nitro groups is 1. The first-order valence-corrected chi connectivity index (χ1v) is 11.7. The number of nitrogens with one attached hydrogen (secondary N) is 1. The molecule has 0 bridgehead atoms. The van der Waals surface area contributed by atoms with Gasteiger partial charge in [-0.1, -0.05) is 61.7 Å². The molecule has 0 spiro atoms. The van der Waals surface area contributed by atoms with Crippen molar-refractivity contribution in [3.63, 3.8) is 0 Å². The van der Waals surface area contributed by atoms with Gasteiger partial charge in [0.15, 0.2) is 0 Å². The van der Waals surface area contributed by atoms with Crippen LogP contribution in [0.4, 0.5) is 16.2 Å². The smallest absolute Gasteiger partial charge is 0.322 e. The summed E-state index contributed by atoms with van der Waals surface area (Å²) in [4.78, 5) is 40.7. The van der Waals surface area contributed by atoms with Crippen molar-refractivity contribution in [2.24, 2.45) is 5.92 Å². The molecule has 1 heterocycles. The molecule has 1 aliphatic heterocycles. The van der Waals surface area contributed by atoms with Crippen molar-refractivity contribution >= 4 is 23.3 Å². The van der Waals surface area contributed by atoms with Crippen molar-refractivity contribution in [2.75, 3.05) is 25.0 Å². The Balaban J connectivity index is 1.50. The first kappa shape index (κ1) is 22.8. The number of hydrogen-bond donors (Lipinski definition) is 1. The summed E-state index contributed by atoms with van der Waals surface area (Å²) >= 11 is 0. The number of piperazine rings is 1. The molecule has 0 radical (unpaired) electrons. The van der Waals surface area contributed by atoms with Gasteiger partial charge in [-0.15, -0.1) is 0 Å². The van der Waals surface area contributed by atoms with E-state index in [9.17, 15) is 19.7 Å². The van der Waals surface area contributed by atoms with Crippen LogP contribution in [-0.4, -0.2) is 46.3 Å². The molecule has 2 aromatic rings. The highest BCUT2D eigenvalue weighted by Crippen LogP contribution is 2.31.